The molecule has 1 saturated heterocycles. The third-order valence-corrected chi connectivity index (χ3v) is 6.01. The van der Waals surface area contributed by atoms with Gasteiger partial charge in [0.1, 0.15) is 5.82 Å². The number of hydrogen-bond acceptors (Lipinski definition) is 3. The molecule has 146 valence electrons. The van der Waals surface area contributed by atoms with Crippen LogP contribution in [0.2, 0.25) is 5.02 Å². The highest BCUT2D eigenvalue weighted by Gasteiger charge is 2.46. The summed E-state index contributed by atoms with van der Waals surface area (Å²) in [6.45, 7) is 6.23. The molecule has 2 heterocycles. The van der Waals surface area contributed by atoms with Gasteiger partial charge in [0.15, 0.2) is 0 Å². The molecule has 3 rings (SSSR count). The number of amides is 1. The number of benzene rings is 1. The first-order valence-corrected chi connectivity index (χ1v) is 9.97. The molecule has 1 aromatic carbocycles. The van der Waals surface area contributed by atoms with Crippen molar-refractivity contribution in [3.05, 3.63) is 51.2 Å². The lowest BCUT2D eigenvalue weighted by Gasteiger charge is -2.48. The third kappa shape index (κ3) is 3.95. The molecule has 7 heteroatoms. The van der Waals surface area contributed by atoms with Crippen molar-refractivity contribution in [3.8, 4) is 0 Å². The first-order chi connectivity index (χ1) is 12.9. The number of H-pyrrole nitrogens is 2. The van der Waals surface area contributed by atoms with Crippen molar-refractivity contribution >= 4 is 17.5 Å². The molecule has 1 aliphatic heterocycles. The third-order valence-electron chi connectivity index (χ3n) is 5.75. The van der Waals surface area contributed by atoms with Crippen LogP contribution in [-0.4, -0.2) is 32.0 Å². The topological polar surface area (TPSA) is 81.8 Å². The van der Waals surface area contributed by atoms with Gasteiger partial charge in [-0.25, -0.2) is 9.89 Å². The quantitative estimate of drug-likeness (QED) is 0.785. The van der Waals surface area contributed by atoms with E-state index in [1.54, 1.807) is 0 Å². The molecule has 2 atom stereocenters. The van der Waals surface area contributed by atoms with Crippen LogP contribution in [0, 0.1) is 5.41 Å². The van der Waals surface area contributed by atoms with Crippen LogP contribution in [-0.2, 0) is 11.2 Å². The van der Waals surface area contributed by atoms with Gasteiger partial charge in [0.05, 0.1) is 11.5 Å². The molecule has 0 spiro atoms. The van der Waals surface area contributed by atoms with Crippen LogP contribution in [0.1, 0.15) is 63.9 Å². The number of likely N-dealkylation sites (tertiary alicyclic amines) is 1. The summed E-state index contributed by atoms with van der Waals surface area (Å²) in [6, 6.07) is 8.03. The summed E-state index contributed by atoms with van der Waals surface area (Å²) >= 11 is 6.05. The molecule has 0 aliphatic carbocycles. The lowest BCUT2D eigenvalue weighted by Crippen LogP contribution is -2.53. The van der Waals surface area contributed by atoms with Crippen LogP contribution in [0.4, 0.5) is 0 Å². The second kappa shape index (κ2) is 7.89. The monoisotopic (exact) mass is 390 g/mol. The van der Waals surface area contributed by atoms with E-state index in [0.717, 1.165) is 31.2 Å². The number of carbonyl (C=O) groups excluding carboxylic acids is 1. The summed E-state index contributed by atoms with van der Waals surface area (Å²) in [7, 11) is 0. The molecule has 1 fully saturated rings. The fourth-order valence-electron chi connectivity index (χ4n) is 4.19. The minimum absolute atomic E-state index is 0.0472. The number of rotatable bonds is 6. The van der Waals surface area contributed by atoms with Gasteiger partial charge >= 0.3 is 5.69 Å². The second-order valence-corrected chi connectivity index (χ2v) is 8.09. The van der Waals surface area contributed by atoms with E-state index in [9.17, 15) is 9.59 Å². The maximum Gasteiger partial charge on any atom is 0.340 e. The Morgan fingerprint density at radius 3 is 2.48 bits per heavy atom. The number of halogens is 1. The van der Waals surface area contributed by atoms with Crippen LogP contribution in [0.5, 0.6) is 0 Å². The van der Waals surface area contributed by atoms with E-state index in [2.05, 4.69) is 33.9 Å². The lowest BCUT2D eigenvalue weighted by molar-refractivity contribution is -0.153. The fourth-order valence-corrected chi connectivity index (χ4v) is 4.32. The normalized spacial score (nSPS) is 23.2. The predicted octanol–water partition coefficient (Wildman–Crippen LogP) is 3.85. The molecule has 1 aliphatic rings. The van der Waals surface area contributed by atoms with Crippen molar-refractivity contribution in [1.82, 2.24) is 20.1 Å². The van der Waals surface area contributed by atoms with Crippen LogP contribution >= 0.6 is 11.6 Å². The standard InChI is InChI=1S/C20H27ClN4O2/c1-4-15(5-2)25-16(13-6-8-14(21)9-7-13)10-11-20(3,18(25)26)12-17-22-19(27)24-23-17/h6-9,15-16H,4-5,10-12H2,1-3H3,(H2,22,23,24,27)/t16?,20-/m1/s1. The zero-order valence-corrected chi connectivity index (χ0v) is 16.8. The summed E-state index contributed by atoms with van der Waals surface area (Å²) in [5.41, 5.74) is 0.200. The van der Waals surface area contributed by atoms with Crippen molar-refractivity contribution < 1.29 is 4.79 Å². The number of nitrogens with zero attached hydrogens (tertiary/aromatic N) is 2. The van der Waals surface area contributed by atoms with Gasteiger partial charge < -0.3 is 4.90 Å². The van der Waals surface area contributed by atoms with Gasteiger partial charge in [0, 0.05) is 17.5 Å². The zero-order valence-electron chi connectivity index (χ0n) is 16.1. The van der Waals surface area contributed by atoms with Gasteiger partial charge in [-0.3, -0.25) is 9.78 Å². The maximum atomic E-state index is 13.6. The molecule has 1 unspecified atom stereocenters. The van der Waals surface area contributed by atoms with Gasteiger partial charge in [-0.15, -0.1) is 0 Å². The van der Waals surface area contributed by atoms with Gasteiger partial charge in [0.2, 0.25) is 5.91 Å². The number of aromatic nitrogens is 3. The Bertz CT molecular complexity index is 840. The summed E-state index contributed by atoms with van der Waals surface area (Å²) in [4.78, 5) is 29.8. The highest BCUT2D eigenvalue weighted by atomic mass is 35.5. The lowest BCUT2D eigenvalue weighted by atomic mass is 9.74. The first kappa shape index (κ1) is 19.7. The minimum Gasteiger partial charge on any atom is -0.332 e. The SMILES string of the molecule is CCC(CC)N1C(=O)[C@@](C)(Cc2n[nH]c(=O)[nH]2)CCC1c1ccc(Cl)cc1. The van der Waals surface area contributed by atoms with Gasteiger partial charge in [-0.2, -0.15) is 5.10 Å². The second-order valence-electron chi connectivity index (χ2n) is 7.65. The molecule has 1 amide bonds. The van der Waals surface area contributed by atoms with E-state index in [1.807, 2.05) is 31.2 Å². The molecular formula is C20H27ClN4O2. The molecule has 0 radical (unpaired) electrons. The van der Waals surface area contributed by atoms with Gasteiger partial charge in [-0.05, 0) is 43.4 Å². The Morgan fingerprint density at radius 2 is 1.93 bits per heavy atom. The molecule has 2 aromatic rings. The largest absolute Gasteiger partial charge is 0.340 e. The average Bonchev–Trinajstić information content (AvgIpc) is 3.05. The Morgan fingerprint density at radius 1 is 1.26 bits per heavy atom. The van der Waals surface area contributed by atoms with Crippen LogP contribution in [0.15, 0.2) is 29.1 Å². The van der Waals surface area contributed by atoms with Crippen molar-refractivity contribution in [1.29, 1.82) is 0 Å². The molecular weight excluding hydrogens is 364 g/mol. The van der Waals surface area contributed by atoms with Crippen LogP contribution in [0.3, 0.4) is 0 Å². The minimum atomic E-state index is -0.580. The van der Waals surface area contributed by atoms with E-state index in [0.29, 0.717) is 17.3 Å². The van der Waals surface area contributed by atoms with Crippen molar-refractivity contribution in [2.75, 3.05) is 0 Å². The van der Waals surface area contributed by atoms with E-state index in [4.69, 9.17) is 11.6 Å². The molecule has 0 saturated carbocycles. The highest BCUT2D eigenvalue weighted by molar-refractivity contribution is 6.30. The van der Waals surface area contributed by atoms with E-state index >= 15 is 0 Å². The molecule has 6 nitrogen and oxygen atoms in total. The summed E-state index contributed by atoms with van der Waals surface area (Å²) < 4.78 is 0. The Balaban J connectivity index is 1.94. The molecule has 0 bridgehead atoms. The first-order valence-electron chi connectivity index (χ1n) is 9.59. The summed E-state index contributed by atoms with van der Waals surface area (Å²) in [6.07, 6.45) is 3.84. The Labute approximate surface area is 164 Å². The Hall–Kier alpha value is -2.08. The summed E-state index contributed by atoms with van der Waals surface area (Å²) in [5.74, 6) is 0.663. The van der Waals surface area contributed by atoms with Gasteiger partial charge in [-0.1, -0.05) is 44.5 Å². The maximum absolute atomic E-state index is 13.6. The van der Waals surface area contributed by atoms with Gasteiger partial charge in [0.25, 0.3) is 0 Å². The van der Waals surface area contributed by atoms with E-state index < -0.39 is 5.41 Å². The molecule has 2 N–H and O–H groups in total. The van der Waals surface area contributed by atoms with Crippen molar-refractivity contribution in [2.45, 2.75) is 65.0 Å². The molecule has 27 heavy (non-hydrogen) atoms. The average molecular weight is 391 g/mol. The summed E-state index contributed by atoms with van der Waals surface area (Å²) in [5, 5.41) is 7.09. The van der Waals surface area contributed by atoms with Crippen LogP contribution in [0.25, 0.3) is 0 Å². The van der Waals surface area contributed by atoms with Crippen molar-refractivity contribution in [2.24, 2.45) is 5.41 Å². The predicted molar refractivity (Wildman–Crippen MR) is 106 cm³/mol. The highest BCUT2D eigenvalue weighted by Crippen LogP contribution is 2.44. The number of carbonyl (C=O) groups is 1. The number of hydrogen-bond donors (Lipinski definition) is 2. The van der Waals surface area contributed by atoms with Crippen LogP contribution < -0.4 is 5.69 Å². The number of aromatic amines is 2. The zero-order chi connectivity index (χ0) is 19.6. The van der Waals surface area contributed by atoms with E-state index in [-0.39, 0.29) is 23.7 Å². The number of piperidine rings is 1. The van der Waals surface area contributed by atoms with Crippen molar-refractivity contribution in [3.63, 3.8) is 0 Å². The molecule has 1 aromatic heterocycles. The Kier molecular flexibility index (Phi) is 5.75. The fraction of sp³-hybridized carbons (Fsp3) is 0.550. The smallest absolute Gasteiger partial charge is 0.332 e. The van der Waals surface area contributed by atoms with E-state index in [1.165, 1.54) is 0 Å². The number of nitrogens with one attached hydrogen (secondary N) is 2.